The van der Waals surface area contributed by atoms with Crippen LogP contribution in [0.5, 0.6) is 5.75 Å². The Hall–Kier alpha value is -1.87. The molecule has 0 atom stereocenters. The van der Waals surface area contributed by atoms with Gasteiger partial charge in [0, 0.05) is 12.7 Å². The van der Waals surface area contributed by atoms with Crippen molar-refractivity contribution in [3.05, 3.63) is 59.4 Å². The highest BCUT2D eigenvalue weighted by Crippen LogP contribution is 2.26. The van der Waals surface area contributed by atoms with Crippen LogP contribution in [-0.2, 0) is 13.2 Å². The second-order valence-corrected chi connectivity index (χ2v) is 4.84. The van der Waals surface area contributed by atoms with Crippen LogP contribution < -0.4 is 10.5 Å². The maximum absolute atomic E-state index is 5.92. The van der Waals surface area contributed by atoms with Crippen LogP contribution in [0.25, 0.3) is 0 Å². The van der Waals surface area contributed by atoms with Crippen LogP contribution in [0.1, 0.15) is 36.6 Å². The summed E-state index contributed by atoms with van der Waals surface area (Å²) < 4.78 is 5.92. The van der Waals surface area contributed by atoms with Crippen molar-refractivity contribution in [2.75, 3.05) is 0 Å². The summed E-state index contributed by atoms with van der Waals surface area (Å²) in [5.74, 6) is 1.40. The first-order valence-electron chi connectivity index (χ1n) is 6.56. The van der Waals surface area contributed by atoms with Crippen LogP contribution in [0.3, 0.4) is 0 Å². The first kappa shape index (κ1) is 13.6. The Balaban J connectivity index is 2.10. The molecule has 1 aromatic carbocycles. The number of nitrogens with zero attached hydrogens (tertiary/aromatic N) is 1. The fourth-order valence-corrected chi connectivity index (χ4v) is 1.98. The number of aromatic nitrogens is 1. The van der Waals surface area contributed by atoms with E-state index in [0.717, 1.165) is 17.0 Å². The molecule has 2 rings (SSSR count). The third-order valence-corrected chi connectivity index (χ3v) is 3.03. The van der Waals surface area contributed by atoms with Crippen molar-refractivity contribution in [2.24, 2.45) is 5.73 Å². The first-order chi connectivity index (χ1) is 9.20. The molecule has 0 fully saturated rings. The van der Waals surface area contributed by atoms with Crippen LogP contribution in [-0.4, -0.2) is 4.98 Å². The third kappa shape index (κ3) is 3.55. The highest BCUT2D eigenvalue weighted by molar-refractivity contribution is 5.35. The molecule has 0 spiro atoms. The second kappa shape index (κ2) is 6.34. The van der Waals surface area contributed by atoms with E-state index in [-0.39, 0.29) is 0 Å². The number of hydrogen-bond donors (Lipinski definition) is 1. The normalized spacial score (nSPS) is 10.7. The highest BCUT2D eigenvalue weighted by atomic mass is 16.5. The first-order valence-corrected chi connectivity index (χ1v) is 6.56. The van der Waals surface area contributed by atoms with Gasteiger partial charge in [-0.15, -0.1) is 0 Å². The Morgan fingerprint density at radius 1 is 1.21 bits per heavy atom. The topological polar surface area (TPSA) is 48.1 Å². The lowest BCUT2D eigenvalue weighted by Gasteiger charge is -2.14. The Kier molecular flexibility index (Phi) is 4.53. The molecule has 0 bridgehead atoms. The lowest BCUT2D eigenvalue weighted by Crippen LogP contribution is -2.03. The summed E-state index contributed by atoms with van der Waals surface area (Å²) in [6, 6.07) is 12.1. The van der Waals surface area contributed by atoms with Crippen molar-refractivity contribution in [2.45, 2.75) is 32.9 Å². The van der Waals surface area contributed by atoms with E-state index in [1.807, 2.05) is 30.3 Å². The molecular formula is C16H20N2O. The van der Waals surface area contributed by atoms with Gasteiger partial charge in [-0.25, -0.2) is 0 Å². The quantitative estimate of drug-likeness (QED) is 0.893. The Bertz CT molecular complexity index is 538. The predicted octanol–water partition coefficient (Wildman–Crippen LogP) is 3.24. The SMILES string of the molecule is CC(C)c1ccccc1OCc1ccnc(CN)c1. The number of pyridine rings is 1. The van der Waals surface area contributed by atoms with Crippen molar-refractivity contribution in [3.8, 4) is 5.75 Å². The summed E-state index contributed by atoms with van der Waals surface area (Å²) in [7, 11) is 0. The van der Waals surface area contributed by atoms with E-state index in [2.05, 4.69) is 24.9 Å². The van der Waals surface area contributed by atoms with Gasteiger partial charge in [0.1, 0.15) is 12.4 Å². The Labute approximate surface area is 114 Å². The molecule has 0 aliphatic rings. The fourth-order valence-electron chi connectivity index (χ4n) is 1.98. The van der Waals surface area contributed by atoms with Gasteiger partial charge >= 0.3 is 0 Å². The molecule has 3 nitrogen and oxygen atoms in total. The summed E-state index contributed by atoms with van der Waals surface area (Å²) in [5, 5.41) is 0. The van der Waals surface area contributed by atoms with Crippen molar-refractivity contribution < 1.29 is 4.74 Å². The molecule has 0 aliphatic heterocycles. The molecule has 0 amide bonds. The molecule has 1 heterocycles. The molecule has 2 aromatic rings. The van der Waals surface area contributed by atoms with Crippen molar-refractivity contribution in [1.82, 2.24) is 4.98 Å². The predicted molar refractivity (Wildman–Crippen MR) is 77.0 cm³/mol. The van der Waals surface area contributed by atoms with Gasteiger partial charge in [-0.05, 0) is 35.2 Å². The summed E-state index contributed by atoms with van der Waals surface area (Å²) in [5.41, 5.74) is 8.80. The van der Waals surface area contributed by atoms with Gasteiger partial charge in [0.2, 0.25) is 0 Å². The van der Waals surface area contributed by atoms with Gasteiger partial charge in [-0.2, -0.15) is 0 Å². The largest absolute Gasteiger partial charge is 0.489 e. The third-order valence-electron chi connectivity index (χ3n) is 3.03. The van der Waals surface area contributed by atoms with Gasteiger partial charge in [-0.3, -0.25) is 4.98 Å². The number of hydrogen-bond acceptors (Lipinski definition) is 3. The fraction of sp³-hybridized carbons (Fsp3) is 0.312. The molecule has 100 valence electrons. The Morgan fingerprint density at radius 2 is 2.00 bits per heavy atom. The summed E-state index contributed by atoms with van der Waals surface area (Å²) in [6.07, 6.45) is 1.77. The molecule has 3 heteroatoms. The lowest BCUT2D eigenvalue weighted by atomic mass is 10.0. The number of rotatable bonds is 5. The molecule has 0 saturated carbocycles. The number of para-hydroxylation sites is 1. The minimum absolute atomic E-state index is 0.452. The van der Waals surface area contributed by atoms with Gasteiger partial charge in [0.25, 0.3) is 0 Å². The lowest BCUT2D eigenvalue weighted by molar-refractivity contribution is 0.301. The van der Waals surface area contributed by atoms with Gasteiger partial charge in [-0.1, -0.05) is 32.0 Å². The average Bonchev–Trinajstić information content (AvgIpc) is 2.45. The molecule has 0 unspecified atom stereocenters. The van der Waals surface area contributed by atoms with Gasteiger partial charge in [0.15, 0.2) is 0 Å². The van der Waals surface area contributed by atoms with Crippen molar-refractivity contribution in [3.63, 3.8) is 0 Å². The monoisotopic (exact) mass is 256 g/mol. The van der Waals surface area contributed by atoms with Crippen LogP contribution in [0.15, 0.2) is 42.6 Å². The van der Waals surface area contributed by atoms with E-state index < -0.39 is 0 Å². The van der Waals surface area contributed by atoms with Gasteiger partial charge in [0.05, 0.1) is 5.69 Å². The van der Waals surface area contributed by atoms with E-state index >= 15 is 0 Å². The maximum atomic E-state index is 5.92. The second-order valence-electron chi connectivity index (χ2n) is 4.84. The van der Waals surface area contributed by atoms with Crippen LogP contribution in [0.2, 0.25) is 0 Å². The molecule has 0 saturated heterocycles. The maximum Gasteiger partial charge on any atom is 0.123 e. The standard InChI is InChI=1S/C16H20N2O/c1-12(2)15-5-3-4-6-16(15)19-11-13-7-8-18-14(9-13)10-17/h3-9,12H,10-11,17H2,1-2H3. The molecule has 19 heavy (non-hydrogen) atoms. The highest BCUT2D eigenvalue weighted by Gasteiger charge is 2.07. The van der Waals surface area contributed by atoms with E-state index in [4.69, 9.17) is 10.5 Å². The minimum atomic E-state index is 0.452. The molecular weight excluding hydrogens is 236 g/mol. The van der Waals surface area contributed by atoms with E-state index in [1.165, 1.54) is 5.56 Å². The minimum Gasteiger partial charge on any atom is -0.489 e. The summed E-state index contributed by atoms with van der Waals surface area (Å²) in [4.78, 5) is 4.18. The number of ether oxygens (including phenoxy) is 1. The molecule has 0 aliphatic carbocycles. The van der Waals surface area contributed by atoms with E-state index in [1.54, 1.807) is 6.20 Å². The van der Waals surface area contributed by atoms with Gasteiger partial charge < -0.3 is 10.5 Å². The smallest absolute Gasteiger partial charge is 0.123 e. The number of nitrogens with two attached hydrogens (primary N) is 1. The van der Waals surface area contributed by atoms with Crippen molar-refractivity contribution >= 4 is 0 Å². The number of benzene rings is 1. The summed E-state index contributed by atoms with van der Waals surface area (Å²) in [6.45, 7) is 5.33. The zero-order chi connectivity index (χ0) is 13.7. The Morgan fingerprint density at radius 3 is 2.74 bits per heavy atom. The van der Waals surface area contributed by atoms with Crippen LogP contribution >= 0.6 is 0 Å². The van der Waals surface area contributed by atoms with E-state index in [0.29, 0.717) is 19.1 Å². The van der Waals surface area contributed by atoms with Crippen molar-refractivity contribution in [1.29, 1.82) is 0 Å². The molecule has 1 aromatic heterocycles. The van der Waals surface area contributed by atoms with E-state index in [9.17, 15) is 0 Å². The zero-order valence-corrected chi connectivity index (χ0v) is 11.5. The summed E-state index contributed by atoms with van der Waals surface area (Å²) >= 11 is 0. The average molecular weight is 256 g/mol. The van der Waals surface area contributed by atoms with Crippen LogP contribution in [0, 0.1) is 0 Å². The van der Waals surface area contributed by atoms with Crippen LogP contribution in [0.4, 0.5) is 0 Å². The molecule has 2 N–H and O–H groups in total. The zero-order valence-electron chi connectivity index (χ0n) is 11.5. The molecule has 0 radical (unpaired) electrons.